The van der Waals surface area contributed by atoms with E-state index in [2.05, 4.69) is 6.92 Å². The molecule has 1 atom stereocenters. The summed E-state index contributed by atoms with van der Waals surface area (Å²) in [5.41, 5.74) is 0.943. The summed E-state index contributed by atoms with van der Waals surface area (Å²) in [4.78, 5) is 16.0. The van der Waals surface area contributed by atoms with E-state index in [4.69, 9.17) is 0 Å². The van der Waals surface area contributed by atoms with Crippen molar-refractivity contribution in [2.45, 2.75) is 41.2 Å². The highest BCUT2D eigenvalue weighted by Gasteiger charge is 2.36. The number of para-hydroxylation sites is 1. The molecule has 5 nitrogen and oxygen atoms in total. The Morgan fingerprint density at radius 1 is 1.00 bits per heavy atom. The Labute approximate surface area is 181 Å². The predicted molar refractivity (Wildman–Crippen MR) is 117 cm³/mol. The van der Waals surface area contributed by atoms with Crippen LogP contribution in [0.3, 0.4) is 0 Å². The SMILES string of the molecule is CC1CCN(C(=O)C2CCN(S(=O)(=O)c3ccccc3F)CC2)c2ccccc2S1. The van der Waals surface area contributed by atoms with E-state index in [0.29, 0.717) is 24.6 Å². The lowest BCUT2D eigenvalue weighted by Gasteiger charge is -2.33. The largest absolute Gasteiger partial charge is 0.311 e. The zero-order valence-corrected chi connectivity index (χ0v) is 18.5. The van der Waals surface area contributed by atoms with E-state index in [1.165, 1.54) is 22.5 Å². The van der Waals surface area contributed by atoms with Gasteiger partial charge in [0.2, 0.25) is 15.9 Å². The molecule has 0 spiro atoms. The Kier molecular flexibility index (Phi) is 6.18. The van der Waals surface area contributed by atoms with E-state index in [-0.39, 0.29) is 29.8 Å². The van der Waals surface area contributed by atoms with Gasteiger partial charge in [-0.2, -0.15) is 4.31 Å². The summed E-state index contributed by atoms with van der Waals surface area (Å²) < 4.78 is 41.0. The highest BCUT2D eigenvalue weighted by molar-refractivity contribution is 8.00. The summed E-state index contributed by atoms with van der Waals surface area (Å²) in [6.45, 7) is 3.26. The van der Waals surface area contributed by atoms with Gasteiger partial charge >= 0.3 is 0 Å². The molecule has 0 aromatic heterocycles. The second-order valence-electron chi connectivity index (χ2n) is 7.78. The molecule has 0 aliphatic carbocycles. The van der Waals surface area contributed by atoms with Crippen molar-refractivity contribution in [3.8, 4) is 0 Å². The number of sulfonamides is 1. The second kappa shape index (κ2) is 8.69. The summed E-state index contributed by atoms with van der Waals surface area (Å²) in [7, 11) is -3.90. The average molecular weight is 449 g/mol. The molecule has 160 valence electrons. The van der Waals surface area contributed by atoms with Gasteiger partial charge in [-0.25, -0.2) is 12.8 Å². The molecule has 1 amide bonds. The molecule has 1 saturated heterocycles. The quantitative estimate of drug-likeness (QED) is 0.708. The predicted octanol–water partition coefficient (Wildman–Crippen LogP) is 4.14. The molecule has 0 radical (unpaired) electrons. The number of carbonyl (C=O) groups excluding carboxylic acids is 1. The van der Waals surface area contributed by atoms with Crippen LogP contribution in [0.4, 0.5) is 10.1 Å². The van der Waals surface area contributed by atoms with Crippen LogP contribution in [-0.2, 0) is 14.8 Å². The summed E-state index contributed by atoms with van der Waals surface area (Å²) in [6.07, 6.45) is 1.79. The van der Waals surface area contributed by atoms with Crippen LogP contribution >= 0.6 is 11.8 Å². The highest BCUT2D eigenvalue weighted by Crippen LogP contribution is 2.38. The van der Waals surface area contributed by atoms with Crippen LogP contribution < -0.4 is 4.90 Å². The molecule has 2 aromatic carbocycles. The standard InChI is InChI=1S/C22H25FN2O3S2/c1-16-10-15-25(19-7-3-4-8-20(19)29-16)22(26)17-11-13-24(14-12-17)30(27,28)21-9-5-2-6-18(21)23/h2-9,16-17H,10-15H2,1H3. The zero-order valence-electron chi connectivity index (χ0n) is 16.8. The minimum Gasteiger partial charge on any atom is -0.311 e. The molecule has 0 saturated carbocycles. The van der Waals surface area contributed by atoms with Gasteiger partial charge in [-0.3, -0.25) is 4.79 Å². The molecule has 0 N–H and O–H groups in total. The number of hydrogen-bond donors (Lipinski definition) is 0. The number of thioether (sulfide) groups is 1. The number of nitrogens with zero attached hydrogens (tertiary/aromatic N) is 2. The summed E-state index contributed by atoms with van der Waals surface area (Å²) >= 11 is 1.79. The van der Waals surface area contributed by atoms with Crippen LogP contribution in [-0.4, -0.2) is 43.5 Å². The zero-order chi connectivity index (χ0) is 21.3. The van der Waals surface area contributed by atoms with Crippen molar-refractivity contribution in [2.24, 2.45) is 5.92 Å². The normalized spacial score (nSPS) is 21.1. The van der Waals surface area contributed by atoms with E-state index < -0.39 is 15.8 Å². The third-order valence-corrected chi connectivity index (χ3v) is 8.94. The first kappa shape index (κ1) is 21.3. The summed E-state index contributed by atoms with van der Waals surface area (Å²) in [5, 5.41) is 0.428. The van der Waals surface area contributed by atoms with Crippen molar-refractivity contribution < 1.29 is 17.6 Å². The maximum atomic E-state index is 14.0. The Hall–Kier alpha value is -1.90. The topological polar surface area (TPSA) is 57.7 Å². The van der Waals surface area contributed by atoms with Crippen molar-refractivity contribution in [2.75, 3.05) is 24.5 Å². The number of halogens is 1. The lowest BCUT2D eigenvalue weighted by atomic mass is 9.96. The number of rotatable bonds is 3. The first-order chi connectivity index (χ1) is 14.4. The van der Waals surface area contributed by atoms with Crippen LogP contribution in [0.1, 0.15) is 26.2 Å². The molecule has 1 fully saturated rings. The average Bonchev–Trinajstić information content (AvgIpc) is 2.91. The van der Waals surface area contributed by atoms with Gasteiger partial charge < -0.3 is 4.90 Å². The Morgan fingerprint density at radius 2 is 1.67 bits per heavy atom. The Morgan fingerprint density at radius 3 is 2.40 bits per heavy atom. The minimum atomic E-state index is -3.90. The third kappa shape index (κ3) is 4.13. The maximum absolute atomic E-state index is 14.0. The first-order valence-electron chi connectivity index (χ1n) is 10.2. The number of anilines is 1. The number of benzene rings is 2. The van der Waals surface area contributed by atoms with Crippen molar-refractivity contribution >= 4 is 33.4 Å². The molecule has 2 aliphatic rings. The van der Waals surface area contributed by atoms with E-state index in [0.717, 1.165) is 23.1 Å². The van der Waals surface area contributed by atoms with Crippen LogP contribution in [0.15, 0.2) is 58.3 Å². The van der Waals surface area contributed by atoms with Crippen molar-refractivity contribution in [3.63, 3.8) is 0 Å². The molecule has 2 aliphatic heterocycles. The fourth-order valence-electron chi connectivity index (χ4n) is 4.07. The van der Waals surface area contributed by atoms with Crippen molar-refractivity contribution in [3.05, 3.63) is 54.3 Å². The maximum Gasteiger partial charge on any atom is 0.245 e. The molecule has 0 bridgehead atoms. The van der Waals surface area contributed by atoms with Crippen LogP contribution in [0.2, 0.25) is 0 Å². The Balaban J connectivity index is 1.48. The van der Waals surface area contributed by atoms with Gasteiger partial charge in [0.1, 0.15) is 10.7 Å². The summed E-state index contributed by atoms with van der Waals surface area (Å²) in [5.74, 6) is -0.924. The molecule has 8 heteroatoms. The van der Waals surface area contributed by atoms with Crippen molar-refractivity contribution in [1.29, 1.82) is 0 Å². The first-order valence-corrected chi connectivity index (χ1v) is 12.5. The van der Waals surface area contributed by atoms with Crippen LogP contribution in [0, 0.1) is 11.7 Å². The summed E-state index contributed by atoms with van der Waals surface area (Å²) in [6, 6.07) is 13.4. The number of carbonyl (C=O) groups is 1. The molecule has 2 heterocycles. The third-order valence-electron chi connectivity index (χ3n) is 5.77. The van der Waals surface area contributed by atoms with Gasteiger partial charge in [-0.15, -0.1) is 11.8 Å². The van der Waals surface area contributed by atoms with E-state index in [9.17, 15) is 17.6 Å². The van der Waals surface area contributed by atoms with Crippen LogP contribution in [0.25, 0.3) is 0 Å². The molecule has 30 heavy (non-hydrogen) atoms. The lowest BCUT2D eigenvalue weighted by molar-refractivity contribution is -0.123. The van der Waals surface area contributed by atoms with Gasteiger partial charge in [0, 0.05) is 35.7 Å². The van der Waals surface area contributed by atoms with Gasteiger partial charge in [0.15, 0.2) is 0 Å². The van der Waals surface area contributed by atoms with E-state index in [1.807, 2.05) is 29.2 Å². The number of piperidine rings is 1. The molecule has 2 aromatic rings. The molecule has 4 rings (SSSR count). The fourth-order valence-corrected chi connectivity index (χ4v) is 6.72. The van der Waals surface area contributed by atoms with Crippen LogP contribution in [0.5, 0.6) is 0 Å². The number of hydrogen-bond acceptors (Lipinski definition) is 4. The second-order valence-corrected chi connectivity index (χ2v) is 11.2. The Bertz CT molecular complexity index is 1040. The van der Waals surface area contributed by atoms with Crippen molar-refractivity contribution in [1.82, 2.24) is 4.31 Å². The molecular weight excluding hydrogens is 423 g/mol. The highest BCUT2D eigenvalue weighted by atomic mass is 32.2. The minimum absolute atomic E-state index is 0.0556. The van der Waals surface area contributed by atoms with E-state index in [1.54, 1.807) is 11.8 Å². The lowest BCUT2D eigenvalue weighted by Crippen LogP contribution is -2.45. The van der Waals surface area contributed by atoms with Gasteiger partial charge in [0.25, 0.3) is 0 Å². The number of fused-ring (bicyclic) bond motifs is 1. The van der Waals surface area contributed by atoms with Gasteiger partial charge in [-0.1, -0.05) is 31.2 Å². The molecular formula is C22H25FN2O3S2. The number of amides is 1. The van der Waals surface area contributed by atoms with E-state index >= 15 is 0 Å². The smallest absolute Gasteiger partial charge is 0.245 e. The van der Waals surface area contributed by atoms with Gasteiger partial charge in [-0.05, 0) is 43.5 Å². The van der Waals surface area contributed by atoms with Gasteiger partial charge in [0.05, 0.1) is 5.69 Å². The molecule has 1 unspecified atom stereocenters. The fraction of sp³-hybridized carbons (Fsp3) is 0.409. The monoisotopic (exact) mass is 448 g/mol.